The maximum Gasteiger partial charge on any atom is 0.244 e. The SMILES string of the molecule is Cc1ccc(CNC(=O)CN2CCN(c3ccc(S(=O)(=O)N4CCOCC4)cn3)CC2)cc1F. The van der Waals surface area contributed by atoms with Crippen molar-refractivity contribution in [2.75, 3.05) is 63.9 Å². The summed E-state index contributed by atoms with van der Waals surface area (Å²) in [6.45, 7) is 6.49. The van der Waals surface area contributed by atoms with Crippen LogP contribution < -0.4 is 10.2 Å². The van der Waals surface area contributed by atoms with E-state index < -0.39 is 10.0 Å². The Kier molecular flexibility index (Phi) is 7.77. The molecule has 11 heteroatoms. The predicted molar refractivity (Wildman–Crippen MR) is 125 cm³/mol. The van der Waals surface area contributed by atoms with Gasteiger partial charge in [0.2, 0.25) is 15.9 Å². The van der Waals surface area contributed by atoms with Crippen LogP contribution in [0.15, 0.2) is 41.4 Å². The summed E-state index contributed by atoms with van der Waals surface area (Å²) in [6, 6.07) is 8.28. The molecule has 2 fully saturated rings. The van der Waals surface area contributed by atoms with Crippen molar-refractivity contribution in [3.05, 3.63) is 53.5 Å². The minimum absolute atomic E-state index is 0.106. The van der Waals surface area contributed by atoms with Gasteiger partial charge in [0.05, 0.1) is 19.8 Å². The number of anilines is 1. The number of pyridine rings is 1. The van der Waals surface area contributed by atoms with Gasteiger partial charge in [-0.25, -0.2) is 17.8 Å². The van der Waals surface area contributed by atoms with E-state index in [2.05, 4.69) is 20.1 Å². The average Bonchev–Trinajstić information content (AvgIpc) is 2.86. The van der Waals surface area contributed by atoms with E-state index in [1.165, 1.54) is 16.6 Å². The summed E-state index contributed by atoms with van der Waals surface area (Å²) < 4.78 is 45.8. The summed E-state index contributed by atoms with van der Waals surface area (Å²) in [5.74, 6) is 0.333. The molecule has 2 aliphatic heterocycles. The molecule has 4 rings (SSSR count). The highest BCUT2D eigenvalue weighted by Crippen LogP contribution is 2.20. The maximum absolute atomic E-state index is 13.7. The van der Waals surface area contributed by atoms with Crippen molar-refractivity contribution in [2.45, 2.75) is 18.4 Å². The standard InChI is InChI=1S/C23H30FN5O4S/c1-18-2-3-19(14-21(18)24)15-26-23(30)17-27-6-8-28(9-7-27)22-5-4-20(16-25-22)34(31,32)29-10-12-33-13-11-29/h2-5,14,16H,6-13,15,17H2,1H3,(H,26,30). The molecule has 2 aliphatic rings. The van der Waals surface area contributed by atoms with Gasteiger partial charge in [0, 0.05) is 52.0 Å². The minimum atomic E-state index is -3.56. The molecule has 34 heavy (non-hydrogen) atoms. The Morgan fingerprint density at radius 1 is 1.09 bits per heavy atom. The second-order valence-electron chi connectivity index (χ2n) is 8.49. The number of amides is 1. The summed E-state index contributed by atoms with van der Waals surface area (Å²) in [7, 11) is -3.56. The van der Waals surface area contributed by atoms with Gasteiger partial charge < -0.3 is 15.0 Å². The molecular weight excluding hydrogens is 461 g/mol. The number of carbonyl (C=O) groups excluding carboxylic acids is 1. The number of piperazine rings is 1. The van der Waals surface area contributed by atoms with Crippen LogP contribution in [-0.2, 0) is 26.1 Å². The van der Waals surface area contributed by atoms with Gasteiger partial charge in [0.15, 0.2) is 0 Å². The molecule has 1 aromatic carbocycles. The topological polar surface area (TPSA) is 95.1 Å². The number of benzene rings is 1. The number of aromatic nitrogens is 1. The normalized spacial score (nSPS) is 18.1. The molecule has 2 aromatic rings. The van der Waals surface area contributed by atoms with Gasteiger partial charge in [-0.2, -0.15) is 4.31 Å². The lowest BCUT2D eigenvalue weighted by Gasteiger charge is -2.35. The Morgan fingerprint density at radius 2 is 1.82 bits per heavy atom. The van der Waals surface area contributed by atoms with Gasteiger partial charge in [-0.1, -0.05) is 12.1 Å². The number of sulfonamides is 1. The fourth-order valence-corrected chi connectivity index (χ4v) is 5.34. The van der Waals surface area contributed by atoms with Gasteiger partial charge in [0.25, 0.3) is 0 Å². The molecule has 0 unspecified atom stereocenters. The van der Waals surface area contributed by atoms with Crippen LogP contribution >= 0.6 is 0 Å². The van der Waals surface area contributed by atoms with E-state index in [1.54, 1.807) is 25.1 Å². The van der Waals surface area contributed by atoms with Crippen molar-refractivity contribution < 1.29 is 22.3 Å². The molecule has 1 N–H and O–H groups in total. The fraction of sp³-hybridized carbons (Fsp3) is 0.478. The van der Waals surface area contributed by atoms with E-state index in [-0.39, 0.29) is 23.2 Å². The molecule has 0 bridgehead atoms. The monoisotopic (exact) mass is 491 g/mol. The molecule has 184 valence electrons. The lowest BCUT2D eigenvalue weighted by Crippen LogP contribution is -2.49. The zero-order chi connectivity index (χ0) is 24.1. The van der Waals surface area contributed by atoms with Gasteiger partial charge in [-0.3, -0.25) is 9.69 Å². The van der Waals surface area contributed by atoms with Gasteiger partial charge in [-0.05, 0) is 36.2 Å². The van der Waals surface area contributed by atoms with Crippen molar-refractivity contribution in [1.29, 1.82) is 0 Å². The third-order valence-corrected chi connectivity index (χ3v) is 8.00. The number of carbonyl (C=O) groups is 1. The van der Waals surface area contributed by atoms with E-state index in [0.717, 1.165) is 5.56 Å². The highest BCUT2D eigenvalue weighted by atomic mass is 32.2. The predicted octanol–water partition coefficient (Wildman–Crippen LogP) is 0.988. The molecule has 0 radical (unpaired) electrons. The van der Waals surface area contributed by atoms with E-state index in [0.29, 0.717) is 70.4 Å². The lowest BCUT2D eigenvalue weighted by atomic mass is 10.1. The van der Waals surface area contributed by atoms with Crippen molar-refractivity contribution in [3.63, 3.8) is 0 Å². The van der Waals surface area contributed by atoms with Crippen molar-refractivity contribution in [2.24, 2.45) is 0 Å². The molecule has 0 spiro atoms. The second kappa shape index (κ2) is 10.8. The van der Waals surface area contributed by atoms with E-state index in [9.17, 15) is 17.6 Å². The number of aryl methyl sites for hydroxylation is 1. The molecule has 9 nitrogen and oxygen atoms in total. The van der Waals surface area contributed by atoms with Crippen molar-refractivity contribution in [3.8, 4) is 0 Å². The zero-order valence-corrected chi connectivity index (χ0v) is 20.1. The van der Waals surface area contributed by atoms with Gasteiger partial charge in [0.1, 0.15) is 16.5 Å². The summed E-state index contributed by atoms with van der Waals surface area (Å²) in [4.78, 5) is 21.0. The van der Waals surface area contributed by atoms with E-state index in [1.807, 2.05) is 6.07 Å². The first-order valence-electron chi connectivity index (χ1n) is 11.4. The van der Waals surface area contributed by atoms with Crippen molar-refractivity contribution >= 4 is 21.7 Å². The Labute approximate surface area is 199 Å². The second-order valence-corrected chi connectivity index (χ2v) is 10.4. The Bertz CT molecular complexity index is 1100. The van der Waals surface area contributed by atoms with Crippen LogP contribution in [0.3, 0.4) is 0 Å². The average molecular weight is 492 g/mol. The first kappa shape index (κ1) is 24.5. The van der Waals surface area contributed by atoms with Crippen LogP contribution in [-0.4, -0.2) is 87.5 Å². The summed E-state index contributed by atoms with van der Waals surface area (Å²) in [5, 5.41) is 2.84. The molecule has 1 amide bonds. The lowest BCUT2D eigenvalue weighted by molar-refractivity contribution is -0.122. The van der Waals surface area contributed by atoms with Gasteiger partial charge in [-0.15, -0.1) is 0 Å². The van der Waals surface area contributed by atoms with Crippen molar-refractivity contribution in [1.82, 2.24) is 19.5 Å². The third-order valence-electron chi connectivity index (χ3n) is 6.12. The Hall–Kier alpha value is -2.60. The molecule has 0 atom stereocenters. The third kappa shape index (κ3) is 5.90. The highest BCUT2D eigenvalue weighted by molar-refractivity contribution is 7.89. The van der Waals surface area contributed by atoms with Crippen LogP contribution in [0.1, 0.15) is 11.1 Å². The number of nitrogens with one attached hydrogen (secondary N) is 1. The number of ether oxygens (including phenoxy) is 1. The van der Waals surface area contributed by atoms with E-state index >= 15 is 0 Å². The molecule has 3 heterocycles. The maximum atomic E-state index is 13.7. The molecule has 1 aromatic heterocycles. The number of halogens is 1. The smallest absolute Gasteiger partial charge is 0.244 e. The van der Waals surface area contributed by atoms with Crippen LogP contribution in [0, 0.1) is 12.7 Å². The Balaban J connectivity index is 1.24. The largest absolute Gasteiger partial charge is 0.379 e. The minimum Gasteiger partial charge on any atom is -0.379 e. The summed E-state index contributed by atoms with van der Waals surface area (Å²) in [6.07, 6.45) is 1.41. The number of rotatable bonds is 7. The number of hydrogen-bond acceptors (Lipinski definition) is 7. The fourth-order valence-electron chi connectivity index (χ4n) is 3.99. The molecule has 0 aliphatic carbocycles. The number of morpholine rings is 1. The zero-order valence-electron chi connectivity index (χ0n) is 19.2. The van der Waals surface area contributed by atoms with E-state index in [4.69, 9.17) is 4.74 Å². The summed E-state index contributed by atoms with van der Waals surface area (Å²) in [5.41, 5.74) is 1.31. The summed E-state index contributed by atoms with van der Waals surface area (Å²) >= 11 is 0. The van der Waals surface area contributed by atoms with Crippen LogP contribution in [0.4, 0.5) is 10.2 Å². The highest BCUT2D eigenvalue weighted by Gasteiger charge is 2.27. The first-order chi connectivity index (χ1) is 16.3. The molecule has 0 saturated carbocycles. The number of nitrogens with zero attached hydrogens (tertiary/aromatic N) is 4. The van der Waals surface area contributed by atoms with Crippen LogP contribution in [0.5, 0.6) is 0 Å². The molecular formula is C23H30FN5O4S. The van der Waals surface area contributed by atoms with Gasteiger partial charge >= 0.3 is 0 Å². The van der Waals surface area contributed by atoms with Crippen LogP contribution in [0.2, 0.25) is 0 Å². The first-order valence-corrected chi connectivity index (χ1v) is 12.8. The number of hydrogen-bond donors (Lipinski definition) is 1. The Morgan fingerprint density at radius 3 is 2.47 bits per heavy atom. The quantitative estimate of drug-likeness (QED) is 0.617. The molecule has 2 saturated heterocycles. The van der Waals surface area contributed by atoms with Crippen LogP contribution in [0.25, 0.3) is 0 Å².